The van der Waals surface area contributed by atoms with Gasteiger partial charge in [-0.3, -0.25) is 14.3 Å². The fraction of sp³-hybridized carbons (Fsp3) is 0.500. The van der Waals surface area contributed by atoms with Gasteiger partial charge in [-0.1, -0.05) is 36.8 Å². The SMILES string of the molecule is C[C@@H](C(=O)OP(=O)(O)OC[C@@H]1C=C[C@H](n2cnc3c(NC4CC4)nc(N)nc32)C1)N(OCC1CCC1)c1ccccc1. The summed E-state index contributed by atoms with van der Waals surface area (Å²) in [5.41, 5.74) is 7.87. The van der Waals surface area contributed by atoms with E-state index < -0.39 is 19.8 Å². The zero-order chi connectivity index (χ0) is 29.3. The number of hydrogen-bond acceptors (Lipinski definition) is 11. The predicted molar refractivity (Wildman–Crippen MR) is 156 cm³/mol. The number of benzene rings is 1. The van der Waals surface area contributed by atoms with Gasteiger partial charge in [0.25, 0.3) is 0 Å². The first-order valence-corrected chi connectivity index (χ1v) is 15.9. The summed E-state index contributed by atoms with van der Waals surface area (Å²) in [4.78, 5) is 42.5. The molecule has 0 bridgehead atoms. The second-order valence-electron chi connectivity index (χ2n) is 11.2. The molecule has 2 saturated carbocycles. The number of imidazole rings is 1. The monoisotopic (exact) mass is 597 g/mol. The molecule has 0 saturated heterocycles. The van der Waals surface area contributed by atoms with Crippen molar-refractivity contribution in [3.05, 3.63) is 48.8 Å². The molecule has 3 aromatic rings. The van der Waals surface area contributed by atoms with Crippen LogP contribution in [0.15, 0.2) is 48.8 Å². The molecule has 4 atom stereocenters. The van der Waals surface area contributed by atoms with Crippen LogP contribution in [0.3, 0.4) is 0 Å². The molecular weight excluding hydrogens is 561 g/mol. The Hall–Kier alpha value is -3.51. The maximum atomic E-state index is 12.9. The molecule has 6 rings (SSSR count). The summed E-state index contributed by atoms with van der Waals surface area (Å²) in [6, 6.07) is 8.41. The Labute approximate surface area is 243 Å². The quantitative estimate of drug-likeness (QED) is 0.145. The molecule has 3 aliphatic carbocycles. The van der Waals surface area contributed by atoms with Crippen molar-refractivity contribution in [3.8, 4) is 0 Å². The highest BCUT2D eigenvalue weighted by Gasteiger charge is 2.35. The number of allylic oxidation sites excluding steroid dienone is 1. The van der Waals surface area contributed by atoms with Crippen LogP contribution >= 0.6 is 7.82 Å². The lowest BCUT2D eigenvalue weighted by atomic mass is 9.86. The van der Waals surface area contributed by atoms with Crippen LogP contribution in [0.2, 0.25) is 0 Å². The zero-order valence-corrected chi connectivity index (χ0v) is 24.3. The Balaban J connectivity index is 1.04. The Morgan fingerprint density at radius 3 is 2.69 bits per heavy atom. The van der Waals surface area contributed by atoms with Crippen molar-refractivity contribution in [1.29, 1.82) is 0 Å². The van der Waals surface area contributed by atoms with E-state index in [1.165, 1.54) is 11.5 Å². The zero-order valence-electron chi connectivity index (χ0n) is 23.4. The fourth-order valence-corrected chi connectivity index (χ4v) is 5.92. The molecule has 1 aromatic carbocycles. The summed E-state index contributed by atoms with van der Waals surface area (Å²) >= 11 is 0. The number of nitrogens with one attached hydrogen (secondary N) is 1. The number of rotatable bonds is 13. The molecular formula is C28H36N7O6P. The number of nitrogens with zero attached hydrogens (tertiary/aromatic N) is 5. The van der Waals surface area contributed by atoms with Crippen molar-refractivity contribution < 1.29 is 28.1 Å². The molecule has 42 heavy (non-hydrogen) atoms. The summed E-state index contributed by atoms with van der Waals surface area (Å²) in [5, 5.41) is 4.78. The van der Waals surface area contributed by atoms with Gasteiger partial charge in [0.15, 0.2) is 23.0 Å². The van der Waals surface area contributed by atoms with Gasteiger partial charge >= 0.3 is 13.8 Å². The lowest BCUT2D eigenvalue weighted by Gasteiger charge is -2.32. The predicted octanol–water partition coefficient (Wildman–Crippen LogP) is 4.39. The number of hydroxylamine groups is 1. The van der Waals surface area contributed by atoms with Gasteiger partial charge in [-0.25, -0.2) is 19.4 Å². The number of para-hydroxylation sites is 1. The van der Waals surface area contributed by atoms with Crippen molar-refractivity contribution in [2.24, 2.45) is 11.8 Å². The molecule has 14 heteroatoms. The van der Waals surface area contributed by atoms with Crippen molar-refractivity contribution in [2.75, 3.05) is 29.3 Å². The molecule has 0 aliphatic heterocycles. The van der Waals surface area contributed by atoms with E-state index in [0.717, 1.165) is 25.7 Å². The first-order chi connectivity index (χ1) is 20.3. The van der Waals surface area contributed by atoms with Gasteiger partial charge in [0, 0.05) is 12.0 Å². The van der Waals surface area contributed by atoms with Crippen LogP contribution in [0.25, 0.3) is 11.2 Å². The lowest BCUT2D eigenvalue weighted by molar-refractivity contribution is -0.139. The maximum Gasteiger partial charge on any atom is 0.529 e. The highest BCUT2D eigenvalue weighted by molar-refractivity contribution is 7.48. The molecule has 13 nitrogen and oxygen atoms in total. The van der Waals surface area contributed by atoms with Crippen molar-refractivity contribution >= 4 is 42.4 Å². The third-order valence-electron chi connectivity index (χ3n) is 7.90. The Morgan fingerprint density at radius 1 is 1.19 bits per heavy atom. The summed E-state index contributed by atoms with van der Waals surface area (Å²) in [7, 11) is -4.69. The van der Waals surface area contributed by atoms with Crippen LogP contribution in [-0.4, -0.2) is 55.7 Å². The number of carbonyl (C=O) groups excluding carboxylic acids is 1. The normalized spacial score (nSPS) is 22.4. The second kappa shape index (κ2) is 12.0. The van der Waals surface area contributed by atoms with E-state index >= 15 is 0 Å². The fourth-order valence-electron chi connectivity index (χ4n) is 5.11. The largest absolute Gasteiger partial charge is 0.529 e. The van der Waals surface area contributed by atoms with Crippen LogP contribution in [0.1, 0.15) is 51.5 Å². The topological polar surface area (TPSA) is 167 Å². The molecule has 2 heterocycles. The average molecular weight is 598 g/mol. The standard InChI is InChI=1S/C28H36N7O6P/c1-18(35(22-8-3-2-4-9-22)39-15-19-6-5-7-19)27(36)41-42(37,38)40-16-20-10-13-23(14-20)34-17-30-24-25(31-21-11-12-21)32-28(29)33-26(24)34/h2-4,8-10,13,17-21,23H,5-7,11-12,14-16H2,1H3,(H,37,38)(H3,29,31,32,33)/t18-,20+,23-/m0/s1. The van der Waals surface area contributed by atoms with Crippen LogP contribution in [0.4, 0.5) is 17.5 Å². The molecule has 0 amide bonds. The minimum Gasteiger partial charge on any atom is -0.369 e. The molecule has 224 valence electrons. The number of carbonyl (C=O) groups is 1. The van der Waals surface area contributed by atoms with Crippen LogP contribution in [0.5, 0.6) is 0 Å². The number of nitrogens with two attached hydrogens (primary N) is 1. The molecule has 3 aliphatic rings. The number of fused-ring (bicyclic) bond motifs is 1. The summed E-state index contributed by atoms with van der Waals surface area (Å²) in [6.45, 7) is 1.91. The Kier molecular flexibility index (Phi) is 8.17. The molecule has 0 spiro atoms. The number of phosphoric ester groups is 1. The number of nitrogen functional groups attached to an aromatic ring is 1. The maximum absolute atomic E-state index is 12.9. The number of anilines is 3. The van der Waals surface area contributed by atoms with Crippen molar-refractivity contribution in [3.63, 3.8) is 0 Å². The number of hydrogen-bond donors (Lipinski definition) is 3. The molecule has 2 aromatic heterocycles. The first-order valence-electron chi connectivity index (χ1n) is 14.4. The third kappa shape index (κ3) is 6.59. The number of aromatic nitrogens is 4. The van der Waals surface area contributed by atoms with Gasteiger partial charge < -0.3 is 20.1 Å². The van der Waals surface area contributed by atoms with Gasteiger partial charge in [-0.05, 0) is 57.1 Å². The van der Waals surface area contributed by atoms with E-state index in [-0.39, 0.29) is 24.5 Å². The summed E-state index contributed by atoms with van der Waals surface area (Å²) in [6.07, 6.45) is 11.6. The minimum atomic E-state index is -4.69. The van der Waals surface area contributed by atoms with E-state index in [0.29, 0.717) is 47.7 Å². The van der Waals surface area contributed by atoms with Gasteiger partial charge in [0.2, 0.25) is 5.95 Å². The number of phosphoric acid groups is 1. The molecule has 4 N–H and O–H groups in total. The third-order valence-corrected chi connectivity index (χ3v) is 8.78. The van der Waals surface area contributed by atoms with E-state index in [4.69, 9.17) is 19.6 Å². The summed E-state index contributed by atoms with van der Waals surface area (Å²) in [5.74, 6) is 0.0966. The Morgan fingerprint density at radius 2 is 1.98 bits per heavy atom. The molecule has 1 unspecified atom stereocenters. The van der Waals surface area contributed by atoms with Gasteiger partial charge in [-0.2, -0.15) is 9.97 Å². The summed E-state index contributed by atoms with van der Waals surface area (Å²) < 4.78 is 24.9. The highest BCUT2D eigenvalue weighted by atomic mass is 31.2. The lowest BCUT2D eigenvalue weighted by Crippen LogP contribution is -2.41. The van der Waals surface area contributed by atoms with Crippen LogP contribution in [0, 0.1) is 11.8 Å². The van der Waals surface area contributed by atoms with Crippen LogP contribution < -0.4 is 16.1 Å². The van der Waals surface area contributed by atoms with E-state index in [9.17, 15) is 14.3 Å². The van der Waals surface area contributed by atoms with Gasteiger partial charge in [-0.15, -0.1) is 0 Å². The minimum absolute atomic E-state index is 0.110. The average Bonchev–Trinajstić information content (AvgIpc) is 3.45. The first kappa shape index (κ1) is 28.6. The highest BCUT2D eigenvalue weighted by Crippen LogP contribution is 2.45. The second-order valence-corrected chi connectivity index (χ2v) is 12.6. The van der Waals surface area contributed by atoms with Crippen LogP contribution in [-0.2, 0) is 23.2 Å². The molecule has 2 fully saturated rings. The van der Waals surface area contributed by atoms with Gasteiger partial charge in [0.05, 0.1) is 31.3 Å². The Bertz CT molecular complexity index is 1490. The molecule has 0 radical (unpaired) electrons. The van der Waals surface area contributed by atoms with Crippen molar-refractivity contribution in [2.45, 2.75) is 63.6 Å². The van der Waals surface area contributed by atoms with E-state index in [1.54, 1.807) is 25.4 Å². The van der Waals surface area contributed by atoms with Gasteiger partial charge in [0.1, 0.15) is 0 Å². The van der Waals surface area contributed by atoms with E-state index in [2.05, 4.69) is 20.3 Å². The van der Waals surface area contributed by atoms with Crippen molar-refractivity contribution in [1.82, 2.24) is 19.5 Å². The van der Waals surface area contributed by atoms with E-state index in [1.807, 2.05) is 34.9 Å². The smallest absolute Gasteiger partial charge is 0.369 e.